The van der Waals surface area contributed by atoms with Gasteiger partial charge in [0.15, 0.2) is 0 Å². The van der Waals surface area contributed by atoms with E-state index in [2.05, 4.69) is 4.98 Å². The highest BCUT2D eigenvalue weighted by molar-refractivity contribution is 6.35. The number of hydrogen-bond acceptors (Lipinski definition) is 4. The van der Waals surface area contributed by atoms with Crippen LogP contribution in [-0.2, 0) is 22.6 Å². The first-order valence-corrected chi connectivity index (χ1v) is 10.5. The average Bonchev–Trinajstić information content (AvgIpc) is 3.06. The topological polar surface area (TPSA) is 53.5 Å². The summed E-state index contributed by atoms with van der Waals surface area (Å²) in [5.74, 6) is -0.471. The lowest BCUT2D eigenvalue weighted by molar-refractivity contribution is -0.138. The molecule has 0 unspecified atom stereocenters. The van der Waals surface area contributed by atoms with Gasteiger partial charge in [0, 0.05) is 25.5 Å². The molecule has 0 saturated carbocycles. The van der Waals surface area contributed by atoms with Gasteiger partial charge >= 0.3 is 0 Å². The summed E-state index contributed by atoms with van der Waals surface area (Å²) in [6.45, 7) is 3.55. The Balaban J connectivity index is 1.68. The van der Waals surface area contributed by atoms with Crippen molar-refractivity contribution in [2.75, 3.05) is 13.1 Å². The summed E-state index contributed by atoms with van der Waals surface area (Å²) in [6, 6.07) is 23.1. The van der Waals surface area contributed by atoms with E-state index < -0.39 is 0 Å². The molecule has 0 bridgehead atoms. The third-order valence-electron chi connectivity index (χ3n) is 5.51. The number of likely N-dealkylation sites (N-methyl/N-ethyl adjacent to an activating group) is 1. The maximum absolute atomic E-state index is 13.5. The Bertz CT molecular complexity index is 1080. The van der Waals surface area contributed by atoms with Crippen LogP contribution in [-0.4, -0.2) is 39.7 Å². The van der Waals surface area contributed by atoms with Crippen LogP contribution in [0.15, 0.2) is 90.9 Å². The van der Waals surface area contributed by atoms with Crippen molar-refractivity contribution in [2.45, 2.75) is 19.9 Å². The lowest BCUT2D eigenvalue weighted by atomic mass is 10.0. The highest BCUT2D eigenvalue weighted by Gasteiger charge is 2.41. The number of pyridine rings is 1. The Kier molecular flexibility index (Phi) is 6.22. The standard InChI is InChI=1S/C26H25N3O2/c1-2-28(18-15-20-13-16-27-17-14-20)24-23(22-11-7-4-8-12-22)25(30)29(26(24)31)19-21-9-5-3-6-10-21/h3-14,16-17H,2,15,18-19H2,1H3. The van der Waals surface area contributed by atoms with Gasteiger partial charge in [0.25, 0.3) is 11.8 Å². The molecule has 2 aromatic carbocycles. The molecule has 0 saturated heterocycles. The number of hydrogen-bond donors (Lipinski definition) is 0. The van der Waals surface area contributed by atoms with Crippen LogP contribution in [0.25, 0.3) is 5.57 Å². The summed E-state index contributed by atoms with van der Waals surface area (Å²) in [5.41, 5.74) is 3.82. The molecule has 4 rings (SSSR count). The molecule has 0 atom stereocenters. The summed E-state index contributed by atoms with van der Waals surface area (Å²) >= 11 is 0. The number of aromatic nitrogens is 1. The summed E-state index contributed by atoms with van der Waals surface area (Å²) in [4.78, 5) is 34.4. The monoisotopic (exact) mass is 411 g/mol. The van der Waals surface area contributed by atoms with Gasteiger partial charge in [-0.15, -0.1) is 0 Å². The Morgan fingerprint density at radius 2 is 1.45 bits per heavy atom. The first-order valence-electron chi connectivity index (χ1n) is 10.5. The van der Waals surface area contributed by atoms with E-state index >= 15 is 0 Å². The number of carbonyl (C=O) groups is 2. The Morgan fingerprint density at radius 1 is 0.806 bits per heavy atom. The van der Waals surface area contributed by atoms with Gasteiger partial charge in [0.2, 0.25) is 0 Å². The molecule has 0 radical (unpaired) electrons. The molecule has 0 spiro atoms. The first kappa shape index (κ1) is 20.5. The number of nitrogens with zero attached hydrogens (tertiary/aromatic N) is 3. The maximum atomic E-state index is 13.5. The van der Waals surface area contributed by atoms with E-state index in [0.717, 1.165) is 23.1 Å². The second-order valence-corrected chi connectivity index (χ2v) is 7.46. The average molecular weight is 412 g/mol. The minimum absolute atomic E-state index is 0.232. The Labute approximate surface area is 182 Å². The van der Waals surface area contributed by atoms with Crippen LogP contribution >= 0.6 is 0 Å². The number of imide groups is 1. The third-order valence-corrected chi connectivity index (χ3v) is 5.51. The lowest BCUT2D eigenvalue weighted by Crippen LogP contribution is -2.35. The van der Waals surface area contributed by atoms with Gasteiger partial charge < -0.3 is 4.90 Å². The van der Waals surface area contributed by atoms with E-state index in [1.54, 1.807) is 12.4 Å². The second kappa shape index (κ2) is 9.39. The fraction of sp³-hybridized carbons (Fsp3) is 0.192. The minimum atomic E-state index is -0.239. The molecule has 1 aromatic heterocycles. The SMILES string of the molecule is CCN(CCc1ccncc1)C1=C(c2ccccc2)C(=O)N(Cc2ccccc2)C1=O. The van der Waals surface area contributed by atoms with E-state index in [4.69, 9.17) is 0 Å². The Hall–Kier alpha value is -3.73. The van der Waals surface area contributed by atoms with Crippen LogP contribution in [0.3, 0.4) is 0 Å². The molecule has 31 heavy (non-hydrogen) atoms. The fourth-order valence-electron chi connectivity index (χ4n) is 3.87. The van der Waals surface area contributed by atoms with E-state index in [9.17, 15) is 9.59 Å². The zero-order valence-electron chi connectivity index (χ0n) is 17.6. The molecule has 5 nitrogen and oxygen atoms in total. The number of rotatable bonds is 8. The van der Waals surface area contributed by atoms with Gasteiger partial charge in [-0.3, -0.25) is 19.5 Å². The summed E-state index contributed by atoms with van der Waals surface area (Å²) in [6.07, 6.45) is 4.31. The maximum Gasteiger partial charge on any atom is 0.278 e. The van der Waals surface area contributed by atoms with Crippen LogP contribution in [0.5, 0.6) is 0 Å². The van der Waals surface area contributed by atoms with E-state index in [-0.39, 0.29) is 18.4 Å². The molecule has 156 valence electrons. The molecule has 2 heterocycles. The van der Waals surface area contributed by atoms with Crippen molar-refractivity contribution in [3.8, 4) is 0 Å². The van der Waals surface area contributed by atoms with Crippen molar-refractivity contribution in [1.29, 1.82) is 0 Å². The summed E-state index contributed by atoms with van der Waals surface area (Å²) in [7, 11) is 0. The van der Waals surface area contributed by atoms with E-state index in [0.29, 0.717) is 24.4 Å². The quantitative estimate of drug-likeness (QED) is 0.527. The molecule has 2 amide bonds. The number of carbonyl (C=O) groups excluding carboxylic acids is 2. The highest BCUT2D eigenvalue weighted by Crippen LogP contribution is 2.32. The molecule has 3 aromatic rings. The van der Waals surface area contributed by atoms with Gasteiger partial charge in [-0.25, -0.2) is 0 Å². The molecule has 0 fully saturated rings. The molecule has 1 aliphatic rings. The molecule has 1 aliphatic heterocycles. The second-order valence-electron chi connectivity index (χ2n) is 7.46. The predicted octanol–water partition coefficient (Wildman–Crippen LogP) is 3.93. The zero-order valence-corrected chi connectivity index (χ0v) is 17.6. The predicted molar refractivity (Wildman–Crippen MR) is 121 cm³/mol. The highest BCUT2D eigenvalue weighted by atomic mass is 16.2. The van der Waals surface area contributed by atoms with Crippen LogP contribution in [0.4, 0.5) is 0 Å². The third kappa shape index (κ3) is 4.40. The summed E-state index contributed by atoms with van der Waals surface area (Å²) < 4.78 is 0. The van der Waals surface area contributed by atoms with Gasteiger partial charge in [-0.2, -0.15) is 0 Å². The van der Waals surface area contributed by atoms with Gasteiger partial charge in [-0.05, 0) is 42.2 Å². The van der Waals surface area contributed by atoms with Crippen molar-refractivity contribution in [3.63, 3.8) is 0 Å². The van der Waals surface area contributed by atoms with E-state index in [1.165, 1.54) is 4.90 Å². The summed E-state index contributed by atoms with van der Waals surface area (Å²) in [5, 5.41) is 0. The van der Waals surface area contributed by atoms with Crippen LogP contribution in [0, 0.1) is 0 Å². The van der Waals surface area contributed by atoms with Crippen LogP contribution in [0.2, 0.25) is 0 Å². The van der Waals surface area contributed by atoms with Crippen molar-refractivity contribution in [3.05, 3.63) is 108 Å². The fourth-order valence-corrected chi connectivity index (χ4v) is 3.87. The lowest BCUT2D eigenvalue weighted by Gasteiger charge is -2.25. The van der Waals surface area contributed by atoms with Gasteiger partial charge in [0.1, 0.15) is 5.70 Å². The molecule has 0 N–H and O–H groups in total. The van der Waals surface area contributed by atoms with Gasteiger partial charge in [-0.1, -0.05) is 60.7 Å². The molecule has 0 aliphatic carbocycles. The normalized spacial score (nSPS) is 13.8. The van der Waals surface area contributed by atoms with Crippen molar-refractivity contribution in [2.24, 2.45) is 0 Å². The molecule has 5 heteroatoms. The number of benzene rings is 2. The van der Waals surface area contributed by atoms with Crippen LogP contribution < -0.4 is 0 Å². The van der Waals surface area contributed by atoms with E-state index in [1.807, 2.05) is 84.6 Å². The molecular formula is C26H25N3O2. The van der Waals surface area contributed by atoms with Crippen molar-refractivity contribution in [1.82, 2.24) is 14.8 Å². The number of amides is 2. The van der Waals surface area contributed by atoms with Crippen LogP contribution in [0.1, 0.15) is 23.6 Å². The first-order chi connectivity index (χ1) is 15.2. The smallest absolute Gasteiger partial charge is 0.278 e. The van der Waals surface area contributed by atoms with Gasteiger partial charge in [0.05, 0.1) is 12.1 Å². The van der Waals surface area contributed by atoms with Crippen molar-refractivity contribution < 1.29 is 9.59 Å². The largest absolute Gasteiger partial charge is 0.366 e. The zero-order chi connectivity index (χ0) is 21.6. The van der Waals surface area contributed by atoms with Crippen molar-refractivity contribution >= 4 is 17.4 Å². The Morgan fingerprint density at radius 3 is 2.10 bits per heavy atom. The minimum Gasteiger partial charge on any atom is -0.366 e. The molecular weight excluding hydrogens is 386 g/mol.